The van der Waals surface area contributed by atoms with Gasteiger partial charge >= 0.3 is 0 Å². The fourth-order valence-electron chi connectivity index (χ4n) is 2.89. The first-order valence-corrected chi connectivity index (χ1v) is 10.0. The molecular formula is C23H25Cl2N3O3. The Morgan fingerprint density at radius 3 is 2.39 bits per heavy atom. The second-order valence-corrected chi connectivity index (χ2v) is 7.37. The predicted octanol–water partition coefficient (Wildman–Crippen LogP) is 5.76. The number of non-ortho nitro benzene ring substituents is 1. The van der Waals surface area contributed by atoms with Crippen LogP contribution >= 0.6 is 24.0 Å². The van der Waals surface area contributed by atoms with E-state index in [1.165, 1.54) is 17.7 Å². The summed E-state index contributed by atoms with van der Waals surface area (Å²) in [6.07, 6.45) is 0. The molecular weight excluding hydrogens is 437 g/mol. The van der Waals surface area contributed by atoms with Crippen LogP contribution in [-0.2, 0) is 13.2 Å². The molecule has 0 aliphatic heterocycles. The van der Waals surface area contributed by atoms with Crippen LogP contribution in [0.25, 0.3) is 0 Å². The maximum atomic E-state index is 10.7. The summed E-state index contributed by atoms with van der Waals surface area (Å²) in [5.74, 6) is 0.802. The fraction of sp³-hybridized carbons (Fsp3) is 0.217. The van der Waals surface area contributed by atoms with Crippen LogP contribution < -0.4 is 15.4 Å². The molecule has 0 aliphatic carbocycles. The van der Waals surface area contributed by atoms with E-state index in [9.17, 15) is 10.1 Å². The van der Waals surface area contributed by atoms with E-state index in [-0.39, 0.29) is 18.1 Å². The molecule has 0 spiro atoms. The van der Waals surface area contributed by atoms with Gasteiger partial charge in [-0.1, -0.05) is 41.4 Å². The van der Waals surface area contributed by atoms with E-state index >= 15 is 0 Å². The molecule has 0 atom stereocenters. The van der Waals surface area contributed by atoms with Crippen LogP contribution in [0.3, 0.4) is 0 Å². The third kappa shape index (κ3) is 7.75. The van der Waals surface area contributed by atoms with Crippen LogP contribution in [-0.4, -0.2) is 18.0 Å². The highest BCUT2D eigenvalue weighted by Crippen LogP contribution is 2.24. The molecule has 0 bridgehead atoms. The maximum Gasteiger partial charge on any atom is 0.269 e. The Hall–Kier alpha value is -2.80. The molecule has 31 heavy (non-hydrogen) atoms. The van der Waals surface area contributed by atoms with Gasteiger partial charge in [0, 0.05) is 48.0 Å². The van der Waals surface area contributed by atoms with Gasteiger partial charge < -0.3 is 15.4 Å². The Morgan fingerprint density at radius 1 is 1.00 bits per heavy atom. The molecule has 0 aromatic heterocycles. The number of nitro groups is 1. The second kappa shape index (κ2) is 12.2. The lowest BCUT2D eigenvalue weighted by Crippen LogP contribution is -2.22. The van der Waals surface area contributed by atoms with Crippen LogP contribution in [0.1, 0.15) is 16.7 Å². The van der Waals surface area contributed by atoms with E-state index in [4.69, 9.17) is 16.3 Å². The number of nitrogens with one attached hydrogen (secondary N) is 2. The van der Waals surface area contributed by atoms with Gasteiger partial charge in [-0.25, -0.2) is 0 Å². The van der Waals surface area contributed by atoms with Crippen LogP contribution in [0, 0.1) is 17.0 Å². The zero-order chi connectivity index (χ0) is 21.3. The molecule has 2 N–H and O–H groups in total. The highest BCUT2D eigenvalue weighted by atomic mass is 35.5. The molecule has 0 saturated carbocycles. The average molecular weight is 462 g/mol. The van der Waals surface area contributed by atoms with Crippen molar-refractivity contribution in [3.8, 4) is 5.75 Å². The summed E-state index contributed by atoms with van der Waals surface area (Å²) in [4.78, 5) is 10.3. The largest absolute Gasteiger partial charge is 0.489 e. The topological polar surface area (TPSA) is 76.4 Å². The number of ether oxygens (including phenoxy) is 1. The molecule has 0 radical (unpaired) electrons. The summed E-state index contributed by atoms with van der Waals surface area (Å²) < 4.78 is 6.01. The van der Waals surface area contributed by atoms with Gasteiger partial charge in [0.25, 0.3) is 5.69 Å². The first-order chi connectivity index (χ1) is 14.5. The number of rotatable bonds is 10. The van der Waals surface area contributed by atoms with Crippen molar-refractivity contribution in [2.75, 3.05) is 18.4 Å². The van der Waals surface area contributed by atoms with E-state index in [0.717, 1.165) is 22.6 Å². The van der Waals surface area contributed by atoms with Gasteiger partial charge in [0.1, 0.15) is 12.4 Å². The Bertz CT molecular complexity index is 980. The highest BCUT2D eigenvalue weighted by Gasteiger charge is 2.06. The van der Waals surface area contributed by atoms with E-state index < -0.39 is 4.92 Å². The van der Waals surface area contributed by atoms with Gasteiger partial charge in [-0.3, -0.25) is 10.1 Å². The van der Waals surface area contributed by atoms with Gasteiger partial charge in [0.05, 0.1) is 4.92 Å². The summed E-state index contributed by atoms with van der Waals surface area (Å²) in [6, 6.07) is 20.3. The molecule has 0 unspecified atom stereocenters. The first-order valence-electron chi connectivity index (χ1n) is 9.67. The van der Waals surface area contributed by atoms with Crippen molar-refractivity contribution in [1.82, 2.24) is 5.32 Å². The standard InChI is InChI=1S/C23H24ClN3O3.ClH/c1-17-2-4-18(5-3-17)16-30-23-11-6-20(24)14-19(23)15-25-12-13-26-21-7-9-22(10-8-21)27(28)29;/h2-11,14,25-26H,12-13,15-16H2,1H3;1H. The number of aryl methyl sites for hydroxylation is 1. The molecule has 0 heterocycles. The molecule has 3 aromatic carbocycles. The minimum absolute atomic E-state index is 0. The lowest BCUT2D eigenvalue weighted by molar-refractivity contribution is -0.384. The Balaban J connectivity index is 0.00000341. The van der Waals surface area contributed by atoms with Crippen molar-refractivity contribution in [3.63, 3.8) is 0 Å². The van der Waals surface area contributed by atoms with Crippen molar-refractivity contribution in [3.05, 3.63) is 98.6 Å². The Kier molecular flexibility index (Phi) is 9.59. The van der Waals surface area contributed by atoms with Crippen LogP contribution in [0.5, 0.6) is 5.75 Å². The van der Waals surface area contributed by atoms with E-state index in [2.05, 4.69) is 41.8 Å². The number of hydrogen-bond donors (Lipinski definition) is 2. The summed E-state index contributed by atoms with van der Waals surface area (Å²) in [5, 5.41) is 18.0. The van der Waals surface area contributed by atoms with E-state index in [1.807, 2.05) is 18.2 Å². The monoisotopic (exact) mass is 461 g/mol. The number of nitrogens with zero attached hydrogens (tertiary/aromatic N) is 1. The molecule has 6 nitrogen and oxygen atoms in total. The SMILES string of the molecule is Cc1ccc(COc2ccc(Cl)cc2CNCCNc2ccc([N+](=O)[O-])cc2)cc1.Cl. The molecule has 3 rings (SSSR count). The lowest BCUT2D eigenvalue weighted by atomic mass is 10.1. The zero-order valence-corrected chi connectivity index (χ0v) is 18.7. The fourth-order valence-corrected chi connectivity index (χ4v) is 3.09. The lowest BCUT2D eigenvalue weighted by Gasteiger charge is -2.13. The first kappa shape index (κ1) is 24.5. The average Bonchev–Trinajstić information content (AvgIpc) is 2.74. The molecule has 0 amide bonds. The van der Waals surface area contributed by atoms with Crippen LogP contribution in [0.15, 0.2) is 66.7 Å². The van der Waals surface area contributed by atoms with E-state index in [0.29, 0.717) is 31.3 Å². The smallest absolute Gasteiger partial charge is 0.269 e. The molecule has 0 aliphatic rings. The number of halogens is 2. The third-order valence-electron chi connectivity index (χ3n) is 4.56. The summed E-state index contributed by atoms with van der Waals surface area (Å²) in [5.41, 5.74) is 4.24. The summed E-state index contributed by atoms with van der Waals surface area (Å²) in [6.45, 7) is 4.56. The Labute approximate surface area is 193 Å². The van der Waals surface area contributed by atoms with Crippen molar-refractivity contribution in [2.45, 2.75) is 20.1 Å². The number of anilines is 1. The highest BCUT2D eigenvalue weighted by molar-refractivity contribution is 6.30. The molecule has 0 fully saturated rings. The van der Waals surface area contributed by atoms with Crippen molar-refractivity contribution < 1.29 is 9.66 Å². The molecule has 164 valence electrons. The number of nitro benzene ring substituents is 1. The molecule has 8 heteroatoms. The predicted molar refractivity (Wildman–Crippen MR) is 128 cm³/mol. The zero-order valence-electron chi connectivity index (χ0n) is 17.1. The van der Waals surface area contributed by atoms with Crippen molar-refractivity contribution in [1.29, 1.82) is 0 Å². The minimum Gasteiger partial charge on any atom is -0.489 e. The number of benzene rings is 3. The van der Waals surface area contributed by atoms with Crippen molar-refractivity contribution in [2.24, 2.45) is 0 Å². The van der Waals surface area contributed by atoms with Gasteiger partial charge in [0.2, 0.25) is 0 Å². The van der Waals surface area contributed by atoms with Gasteiger partial charge in [-0.05, 0) is 42.8 Å². The molecule has 3 aromatic rings. The third-order valence-corrected chi connectivity index (χ3v) is 4.80. The summed E-state index contributed by atoms with van der Waals surface area (Å²) in [7, 11) is 0. The van der Waals surface area contributed by atoms with Gasteiger partial charge in [0.15, 0.2) is 0 Å². The second-order valence-electron chi connectivity index (χ2n) is 6.93. The van der Waals surface area contributed by atoms with Crippen LogP contribution in [0.4, 0.5) is 11.4 Å². The van der Waals surface area contributed by atoms with Gasteiger partial charge in [-0.15, -0.1) is 12.4 Å². The minimum atomic E-state index is -0.408. The Morgan fingerprint density at radius 2 is 1.71 bits per heavy atom. The van der Waals surface area contributed by atoms with E-state index in [1.54, 1.807) is 12.1 Å². The number of hydrogen-bond acceptors (Lipinski definition) is 5. The van der Waals surface area contributed by atoms with Gasteiger partial charge in [-0.2, -0.15) is 0 Å². The quantitative estimate of drug-likeness (QED) is 0.228. The normalized spacial score (nSPS) is 10.3. The maximum absolute atomic E-state index is 10.7. The molecule has 0 saturated heterocycles. The summed E-state index contributed by atoms with van der Waals surface area (Å²) >= 11 is 6.16. The van der Waals surface area contributed by atoms with Crippen molar-refractivity contribution >= 4 is 35.4 Å². The van der Waals surface area contributed by atoms with Crippen LogP contribution in [0.2, 0.25) is 5.02 Å².